The predicted octanol–water partition coefficient (Wildman–Crippen LogP) is 7.73. The fourth-order valence-corrected chi connectivity index (χ4v) is 5.89. The van der Waals surface area contributed by atoms with Gasteiger partial charge in [-0.3, -0.25) is 9.55 Å². The maximum Gasteiger partial charge on any atom is 0.164 e. The summed E-state index contributed by atoms with van der Waals surface area (Å²) in [4.78, 5) is 11.8. The number of ether oxygens (including phenoxy) is 1. The van der Waals surface area contributed by atoms with Crippen molar-refractivity contribution in [3.05, 3.63) is 109 Å². The molecule has 0 spiro atoms. The summed E-state index contributed by atoms with van der Waals surface area (Å²) < 4.78 is 22.0. The number of benzene rings is 3. The minimum absolute atomic E-state index is 0.304. The number of fused-ring (bicyclic) bond motifs is 1. The molecule has 1 aliphatic rings. The van der Waals surface area contributed by atoms with Crippen LogP contribution in [0.2, 0.25) is 0 Å². The van der Waals surface area contributed by atoms with Crippen molar-refractivity contribution in [2.75, 3.05) is 26.2 Å². The lowest BCUT2D eigenvalue weighted by Crippen LogP contribution is -2.35. The van der Waals surface area contributed by atoms with Gasteiger partial charge >= 0.3 is 0 Å². The van der Waals surface area contributed by atoms with Gasteiger partial charge in [0.1, 0.15) is 17.3 Å². The Labute approximate surface area is 241 Å². The molecule has 1 aliphatic heterocycles. The monoisotopic (exact) mass is 548 g/mol. The van der Waals surface area contributed by atoms with E-state index in [4.69, 9.17) is 9.72 Å². The van der Waals surface area contributed by atoms with Gasteiger partial charge in [-0.2, -0.15) is 0 Å². The van der Waals surface area contributed by atoms with Gasteiger partial charge in [0.05, 0.1) is 17.6 Å². The third-order valence-corrected chi connectivity index (χ3v) is 8.12. The summed E-state index contributed by atoms with van der Waals surface area (Å²) in [5.74, 6) is 2.09. The Morgan fingerprint density at radius 3 is 2.44 bits per heavy atom. The normalized spacial score (nSPS) is 14.5. The van der Waals surface area contributed by atoms with Gasteiger partial charge < -0.3 is 9.64 Å². The molecule has 5 aromatic rings. The van der Waals surface area contributed by atoms with E-state index in [-0.39, 0.29) is 5.82 Å². The lowest BCUT2D eigenvalue weighted by molar-refractivity contribution is 0.165. The molecular weight excluding hydrogens is 511 g/mol. The van der Waals surface area contributed by atoms with Gasteiger partial charge in [-0.25, -0.2) is 9.37 Å². The van der Waals surface area contributed by atoms with Crippen LogP contribution in [0.15, 0.2) is 97.2 Å². The second kappa shape index (κ2) is 13.1. The van der Waals surface area contributed by atoms with E-state index in [0.29, 0.717) is 17.9 Å². The van der Waals surface area contributed by atoms with Crippen LogP contribution in [0.4, 0.5) is 4.39 Å². The number of nitrogens with zero attached hydrogens (tertiary/aromatic N) is 4. The quantitative estimate of drug-likeness (QED) is 0.158. The lowest BCUT2D eigenvalue weighted by Gasteiger charge is -2.32. The summed E-state index contributed by atoms with van der Waals surface area (Å²) in [6, 6.07) is 29.3. The summed E-state index contributed by atoms with van der Waals surface area (Å²) in [6.07, 6.45) is 9.22. The lowest BCUT2D eigenvalue weighted by atomic mass is 9.90. The first-order valence-electron chi connectivity index (χ1n) is 14.8. The first-order chi connectivity index (χ1) is 20.2. The number of hydrogen-bond donors (Lipinski definition) is 0. The maximum atomic E-state index is 13.9. The Bertz CT molecular complexity index is 1530. The molecule has 210 valence electrons. The van der Waals surface area contributed by atoms with Gasteiger partial charge in [0, 0.05) is 24.5 Å². The minimum Gasteiger partial charge on any atom is -0.494 e. The zero-order valence-corrected chi connectivity index (χ0v) is 23.5. The molecule has 0 N–H and O–H groups in total. The molecular formula is C35H37FN4O. The van der Waals surface area contributed by atoms with Crippen molar-refractivity contribution in [3.8, 4) is 23.0 Å². The van der Waals surface area contributed by atoms with Gasteiger partial charge in [-0.1, -0.05) is 42.8 Å². The van der Waals surface area contributed by atoms with E-state index in [2.05, 4.69) is 40.2 Å². The van der Waals surface area contributed by atoms with Gasteiger partial charge in [0.15, 0.2) is 5.82 Å². The Morgan fingerprint density at radius 2 is 1.66 bits per heavy atom. The number of halogens is 1. The number of piperidine rings is 1. The second-order valence-electron chi connectivity index (χ2n) is 11.0. The van der Waals surface area contributed by atoms with E-state index >= 15 is 0 Å². The zero-order valence-electron chi connectivity index (χ0n) is 23.5. The maximum absolute atomic E-state index is 13.9. The molecule has 0 aliphatic carbocycles. The van der Waals surface area contributed by atoms with Crippen LogP contribution < -0.4 is 4.74 Å². The first-order valence-corrected chi connectivity index (χ1v) is 14.8. The Kier molecular flexibility index (Phi) is 8.67. The first kappa shape index (κ1) is 27.2. The number of likely N-dealkylation sites (tertiary alicyclic amines) is 1. The molecule has 3 aromatic carbocycles. The number of imidazole rings is 1. The molecule has 0 amide bonds. The number of aryl methyl sites for hydroxylation is 1. The van der Waals surface area contributed by atoms with Crippen LogP contribution in [0.3, 0.4) is 0 Å². The number of rotatable bonds is 11. The number of hydrogen-bond acceptors (Lipinski definition) is 4. The topological polar surface area (TPSA) is 43.2 Å². The Morgan fingerprint density at radius 1 is 0.854 bits per heavy atom. The molecule has 1 saturated heterocycles. The molecule has 0 unspecified atom stereocenters. The predicted molar refractivity (Wildman–Crippen MR) is 163 cm³/mol. The van der Waals surface area contributed by atoms with Crippen molar-refractivity contribution < 1.29 is 9.13 Å². The molecule has 6 rings (SSSR count). The molecule has 5 nitrogen and oxygen atoms in total. The van der Waals surface area contributed by atoms with E-state index in [9.17, 15) is 4.39 Å². The second-order valence-corrected chi connectivity index (χ2v) is 11.0. The number of pyridine rings is 1. The highest BCUT2D eigenvalue weighted by Gasteiger charge is 2.19. The highest BCUT2D eigenvalue weighted by atomic mass is 19.1. The van der Waals surface area contributed by atoms with Crippen molar-refractivity contribution in [1.82, 2.24) is 19.4 Å². The van der Waals surface area contributed by atoms with Crippen LogP contribution in [0.1, 0.15) is 37.7 Å². The molecule has 0 radical (unpaired) electrons. The van der Waals surface area contributed by atoms with Crippen LogP contribution in [0.5, 0.6) is 5.75 Å². The van der Waals surface area contributed by atoms with E-state index in [0.717, 1.165) is 41.5 Å². The summed E-state index contributed by atoms with van der Waals surface area (Å²) in [5.41, 5.74) is 4.56. The average Bonchev–Trinajstić information content (AvgIpc) is 3.40. The van der Waals surface area contributed by atoms with Gasteiger partial charge in [0.25, 0.3) is 0 Å². The largest absolute Gasteiger partial charge is 0.494 e. The van der Waals surface area contributed by atoms with Crippen molar-refractivity contribution in [1.29, 1.82) is 0 Å². The van der Waals surface area contributed by atoms with Crippen LogP contribution in [0.25, 0.3) is 28.2 Å². The van der Waals surface area contributed by atoms with Crippen molar-refractivity contribution in [2.45, 2.75) is 38.5 Å². The van der Waals surface area contributed by atoms with Crippen LogP contribution in [0, 0.1) is 11.7 Å². The molecule has 2 aromatic heterocycles. The van der Waals surface area contributed by atoms with Crippen LogP contribution in [-0.2, 0) is 6.42 Å². The SMILES string of the molecule is Fc1ccc2c(c1)nc(-c1ccccn1)n2-c1ccc(OCCCN2CCC(CCCc3ccccc3)CC2)cc1. The third kappa shape index (κ3) is 6.83. The molecule has 41 heavy (non-hydrogen) atoms. The van der Waals surface area contributed by atoms with E-state index in [1.165, 1.54) is 62.9 Å². The fraction of sp³-hybridized carbons (Fsp3) is 0.314. The van der Waals surface area contributed by atoms with Crippen LogP contribution in [-0.4, -0.2) is 45.7 Å². The van der Waals surface area contributed by atoms with E-state index < -0.39 is 0 Å². The highest BCUT2D eigenvalue weighted by Crippen LogP contribution is 2.29. The average molecular weight is 549 g/mol. The standard InChI is InChI=1S/C35H37FN4O/c36-29-13-18-34-33(26-29)38-35(32-12-4-5-21-37-32)40(34)30-14-16-31(17-15-30)41-25-7-22-39-23-19-28(20-24-39)11-6-10-27-8-2-1-3-9-27/h1-5,8-9,12-18,21,26,28H,6-7,10-11,19-20,22-25H2. The molecule has 6 heteroatoms. The molecule has 0 atom stereocenters. The minimum atomic E-state index is -0.304. The van der Waals surface area contributed by atoms with Crippen molar-refractivity contribution in [2.24, 2.45) is 5.92 Å². The Balaban J connectivity index is 0.985. The fourth-order valence-electron chi connectivity index (χ4n) is 5.89. The Hall–Kier alpha value is -4.03. The molecule has 1 fully saturated rings. The molecule has 3 heterocycles. The summed E-state index contributed by atoms with van der Waals surface area (Å²) >= 11 is 0. The van der Waals surface area contributed by atoms with Gasteiger partial charge in [-0.15, -0.1) is 0 Å². The van der Waals surface area contributed by atoms with Crippen LogP contribution >= 0.6 is 0 Å². The van der Waals surface area contributed by atoms with Crippen molar-refractivity contribution >= 4 is 11.0 Å². The van der Waals surface area contributed by atoms with E-state index in [1.807, 2.05) is 47.0 Å². The van der Waals surface area contributed by atoms with Gasteiger partial charge in [-0.05, 0) is 105 Å². The smallest absolute Gasteiger partial charge is 0.164 e. The summed E-state index contributed by atoms with van der Waals surface area (Å²) in [7, 11) is 0. The van der Waals surface area contributed by atoms with E-state index in [1.54, 1.807) is 12.3 Å². The summed E-state index contributed by atoms with van der Waals surface area (Å²) in [5, 5.41) is 0. The highest BCUT2D eigenvalue weighted by molar-refractivity contribution is 5.82. The number of aromatic nitrogens is 3. The van der Waals surface area contributed by atoms with Gasteiger partial charge in [0.2, 0.25) is 0 Å². The summed E-state index contributed by atoms with van der Waals surface area (Å²) in [6.45, 7) is 4.18. The zero-order chi connectivity index (χ0) is 27.9. The third-order valence-electron chi connectivity index (χ3n) is 8.12. The molecule has 0 bridgehead atoms. The van der Waals surface area contributed by atoms with Crippen molar-refractivity contribution in [3.63, 3.8) is 0 Å². The molecule has 0 saturated carbocycles.